The lowest BCUT2D eigenvalue weighted by Gasteiger charge is -2.63. The molecular formula is C22H36O3. The summed E-state index contributed by atoms with van der Waals surface area (Å²) in [6.07, 6.45) is 12.2. The molecule has 4 rings (SSSR count). The maximum absolute atomic E-state index is 12.0. The third-order valence-corrected chi connectivity index (χ3v) is 9.65. The van der Waals surface area contributed by atoms with E-state index in [-0.39, 0.29) is 11.5 Å². The van der Waals surface area contributed by atoms with Gasteiger partial charge in [0.15, 0.2) is 0 Å². The lowest BCUT2D eigenvalue weighted by molar-refractivity contribution is -0.210. The van der Waals surface area contributed by atoms with E-state index in [1.54, 1.807) is 0 Å². The molecule has 4 aliphatic rings. The summed E-state index contributed by atoms with van der Waals surface area (Å²) in [7, 11) is 0. The number of hydrogen-bond acceptors (Lipinski definition) is 3. The molecule has 0 radical (unpaired) electrons. The lowest BCUT2D eigenvalue weighted by Crippen LogP contribution is -2.62. The van der Waals surface area contributed by atoms with Crippen molar-refractivity contribution in [3.8, 4) is 0 Å². The van der Waals surface area contributed by atoms with Gasteiger partial charge < -0.3 is 15.0 Å². The van der Waals surface area contributed by atoms with Gasteiger partial charge in [0.1, 0.15) is 6.29 Å². The number of aliphatic hydroxyl groups excluding tert-OH is 1. The van der Waals surface area contributed by atoms with Gasteiger partial charge in [0.2, 0.25) is 0 Å². The fourth-order valence-corrected chi connectivity index (χ4v) is 8.05. The number of carbonyl (C=O) groups excluding carboxylic acids is 1. The quantitative estimate of drug-likeness (QED) is 0.755. The van der Waals surface area contributed by atoms with Crippen molar-refractivity contribution in [1.82, 2.24) is 0 Å². The van der Waals surface area contributed by atoms with Crippen LogP contribution in [-0.4, -0.2) is 28.2 Å². The molecule has 4 aliphatic carbocycles. The minimum absolute atomic E-state index is 0.00540. The summed E-state index contributed by atoms with van der Waals surface area (Å²) in [5.74, 6) is 2.17. The van der Waals surface area contributed by atoms with Crippen LogP contribution >= 0.6 is 0 Å². The highest BCUT2D eigenvalue weighted by Crippen LogP contribution is 2.69. The van der Waals surface area contributed by atoms with Crippen molar-refractivity contribution >= 4 is 6.29 Å². The Bertz CT molecular complexity index is 533. The van der Waals surface area contributed by atoms with Crippen molar-refractivity contribution in [2.75, 3.05) is 0 Å². The highest BCUT2D eigenvalue weighted by molar-refractivity contribution is 5.49. The van der Waals surface area contributed by atoms with E-state index >= 15 is 0 Å². The van der Waals surface area contributed by atoms with Crippen molar-refractivity contribution in [2.24, 2.45) is 34.5 Å². The molecular weight excluding hydrogens is 312 g/mol. The van der Waals surface area contributed by atoms with Gasteiger partial charge in [0, 0.05) is 6.42 Å². The largest absolute Gasteiger partial charge is 0.393 e. The van der Waals surface area contributed by atoms with Crippen molar-refractivity contribution in [3.63, 3.8) is 0 Å². The third kappa shape index (κ3) is 2.41. The Balaban J connectivity index is 1.61. The van der Waals surface area contributed by atoms with Gasteiger partial charge >= 0.3 is 0 Å². The van der Waals surface area contributed by atoms with Gasteiger partial charge in [0.25, 0.3) is 0 Å². The van der Waals surface area contributed by atoms with E-state index in [4.69, 9.17) is 0 Å². The second-order valence-corrected chi connectivity index (χ2v) is 10.3. The van der Waals surface area contributed by atoms with Crippen LogP contribution in [-0.2, 0) is 4.79 Å². The van der Waals surface area contributed by atoms with Crippen LogP contribution in [0.3, 0.4) is 0 Å². The number of fused-ring (bicyclic) bond motifs is 5. The minimum Gasteiger partial charge on any atom is -0.393 e. The molecule has 0 amide bonds. The molecule has 4 saturated carbocycles. The summed E-state index contributed by atoms with van der Waals surface area (Å²) in [4.78, 5) is 10.9. The molecule has 0 aromatic carbocycles. The summed E-state index contributed by atoms with van der Waals surface area (Å²) in [6, 6.07) is 0. The van der Waals surface area contributed by atoms with Crippen molar-refractivity contribution < 1.29 is 15.0 Å². The molecule has 4 fully saturated rings. The fourth-order valence-electron chi connectivity index (χ4n) is 8.05. The normalized spacial score (nSPS) is 55.1. The zero-order valence-electron chi connectivity index (χ0n) is 16.0. The first-order chi connectivity index (χ1) is 11.8. The second-order valence-electron chi connectivity index (χ2n) is 10.3. The molecule has 3 unspecified atom stereocenters. The zero-order chi connectivity index (χ0) is 17.9. The molecule has 142 valence electrons. The average molecular weight is 349 g/mol. The van der Waals surface area contributed by atoms with Crippen molar-refractivity contribution in [1.29, 1.82) is 0 Å². The molecule has 0 spiro atoms. The minimum atomic E-state index is -0.534. The van der Waals surface area contributed by atoms with Gasteiger partial charge in [-0.25, -0.2) is 0 Å². The number of carbonyl (C=O) groups is 1. The Morgan fingerprint density at radius 1 is 1.00 bits per heavy atom. The van der Waals surface area contributed by atoms with Crippen LogP contribution < -0.4 is 0 Å². The monoisotopic (exact) mass is 348 g/mol. The average Bonchev–Trinajstić information content (AvgIpc) is 2.85. The van der Waals surface area contributed by atoms with E-state index < -0.39 is 5.60 Å². The van der Waals surface area contributed by atoms with Crippen LogP contribution in [0.2, 0.25) is 0 Å². The molecule has 0 aliphatic heterocycles. The molecule has 0 heterocycles. The van der Waals surface area contributed by atoms with Crippen LogP contribution in [0.5, 0.6) is 0 Å². The number of rotatable bonds is 3. The highest BCUT2D eigenvalue weighted by Gasteiger charge is 2.66. The van der Waals surface area contributed by atoms with Crippen LogP contribution in [0.1, 0.15) is 84.5 Å². The first-order valence-electron chi connectivity index (χ1n) is 10.7. The van der Waals surface area contributed by atoms with E-state index in [2.05, 4.69) is 13.8 Å². The number of hydrogen-bond donors (Lipinski definition) is 2. The second kappa shape index (κ2) is 6.05. The summed E-state index contributed by atoms with van der Waals surface area (Å²) in [6.45, 7) is 4.79. The van der Waals surface area contributed by atoms with Gasteiger partial charge in [-0.05, 0) is 98.7 Å². The van der Waals surface area contributed by atoms with E-state index in [1.165, 1.54) is 12.8 Å². The molecule has 3 nitrogen and oxygen atoms in total. The van der Waals surface area contributed by atoms with E-state index in [9.17, 15) is 15.0 Å². The Morgan fingerprint density at radius 2 is 1.80 bits per heavy atom. The van der Waals surface area contributed by atoms with Crippen LogP contribution in [0, 0.1) is 34.5 Å². The molecule has 2 N–H and O–H groups in total. The molecule has 0 bridgehead atoms. The van der Waals surface area contributed by atoms with Gasteiger partial charge in [-0.2, -0.15) is 0 Å². The topological polar surface area (TPSA) is 57.5 Å². The Hall–Kier alpha value is -0.410. The van der Waals surface area contributed by atoms with Crippen LogP contribution in [0.25, 0.3) is 0 Å². The predicted molar refractivity (Wildman–Crippen MR) is 98.0 cm³/mol. The molecule has 0 aromatic heterocycles. The van der Waals surface area contributed by atoms with E-state index in [1.807, 2.05) is 0 Å². The van der Waals surface area contributed by atoms with Gasteiger partial charge in [0.05, 0.1) is 11.7 Å². The lowest BCUT2D eigenvalue weighted by atomic mass is 9.43. The first-order valence-corrected chi connectivity index (χ1v) is 10.7. The molecule has 0 saturated heterocycles. The Morgan fingerprint density at radius 3 is 2.56 bits per heavy atom. The number of aliphatic hydroxyl groups is 2. The third-order valence-electron chi connectivity index (χ3n) is 9.65. The van der Waals surface area contributed by atoms with Crippen LogP contribution in [0.15, 0.2) is 0 Å². The Labute approximate surface area is 152 Å². The first kappa shape index (κ1) is 18.0. The smallest absolute Gasteiger partial charge is 0.120 e. The maximum atomic E-state index is 12.0. The fraction of sp³-hybridized carbons (Fsp3) is 0.955. The maximum Gasteiger partial charge on any atom is 0.120 e. The molecule has 25 heavy (non-hydrogen) atoms. The molecule has 0 aromatic rings. The summed E-state index contributed by atoms with van der Waals surface area (Å²) >= 11 is 0. The van der Waals surface area contributed by atoms with Crippen LogP contribution in [0.4, 0.5) is 0 Å². The predicted octanol–water partition coefficient (Wildman–Crippen LogP) is 4.10. The summed E-state index contributed by atoms with van der Waals surface area (Å²) in [5, 5.41) is 22.1. The highest BCUT2D eigenvalue weighted by atomic mass is 16.3. The molecule has 3 heteroatoms. The number of aldehydes is 1. The van der Waals surface area contributed by atoms with Crippen molar-refractivity contribution in [3.05, 3.63) is 0 Å². The Kier molecular flexibility index (Phi) is 4.35. The SMILES string of the molecule is C[C@]12CCC(O)CC1CC[C@@H]1[C@H]2CC[C@]2(C)C(CCC=O)CC[C@@]12O. The zero-order valence-corrected chi connectivity index (χ0v) is 16.0. The summed E-state index contributed by atoms with van der Waals surface area (Å²) in [5.41, 5.74) is -0.234. The van der Waals surface area contributed by atoms with Crippen molar-refractivity contribution in [2.45, 2.75) is 96.2 Å². The summed E-state index contributed by atoms with van der Waals surface area (Å²) < 4.78 is 0. The molecule has 8 atom stereocenters. The van der Waals surface area contributed by atoms with Gasteiger partial charge in [-0.1, -0.05) is 13.8 Å². The van der Waals surface area contributed by atoms with Gasteiger partial charge in [-0.3, -0.25) is 0 Å². The van der Waals surface area contributed by atoms with E-state index in [0.717, 1.165) is 57.7 Å². The van der Waals surface area contributed by atoms with Gasteiger partial charge in [-0.15, -0.1) is 0 Å². The standard InChI is InChI=1S/C22H36O3/c1-20-10-8-17(24)14-16(20)5-6-19-18(20)9-11-21(2)15(4-3-13-23)7-12-22(19,21)25/h13,15-19,24-25H,3-12,14H2,1-2H3/t15?,16?,17?,18-,19-,20+,21-,22-/m1/s1. The van der Waals surface area contributed by atoms with E-state index in [0.29, 0.717) is 35.5 Å².